The van der Waals surface area contributed by atoms with Gasteiger partial charge in [-0.25, -0.2) is 0 Å². The number of anilines is 1. The van der Waals surface area contributed by atoms with E-state index in [1.807, 2.05) is 54.6 Å². The summed E-state index contributed by atoms with van der Waals surface area (Å²) in [6.45, 7) is 0.357. The lowest BCUT2D eigenvalue weighted by Crippen LogP contribution is -2.33. The summed E-state index contributed by atoms with van der Waals surface area (Å²) in [4.78, 5) is 14.8. The lowest BCUT2D eigenvalue weighted by atomic mass is 10.2. The zero-order chi connectivity index (χ0) is 17.1. The van der Waals surface area contributed by atoms with Crippen LogP contribution in [0.2, 0.25) is 0 Å². The number of nitrogens with zero attached hydrogens (tertiary/aromatic N) is 1. The average molecular weight is 531 g/mol. The highest BCUT2D eigenvalue weighted by atomic mass is 127. The molecule has 1 aliphatic rings. The summed E-state index contributed by atoms with van der Waals surface area (Å²) in [5.74, 6) is -0.0619. The van der Waals surface area contributed by atoms with Crippen LogP contribution in [-0.4, -0.2) is 21.8 Å². The van der Waals surface area contributed by atoms with E-state index in [9.17, 15) is 4.79 Å². The van der Waals surface area contributed by atoms with E-state index in [0.29, 0.717) is 15.9 Å². The third kappa shape index (κ3) is 4.38. The van der Waals surface area contributed by atoms with Crippen molar-refractivity contribution < 1.29 is 4.79 Å². The summed E-state index contributed by atoms with van der Waals surface area (Å²) >= 11 is 12.3. The van der Waals surface area contributed by atoms with Gasteiger partial charge < -0.3 is 5.32 Å². The van der Waals surface area contributed by atoms with E-state index in [2.05, 4.69) is 43.8 Å². The second-order valence-electron chi connectivity index (χ2n) is 5.00. The van der Waals surface area contributed by atoms with Crippen LogP contribution in [0.15, 0.2) is 57.9 Å². The Morgan fingerprint density at radius 3 is 2.50 bits per heavy atom. The van der Waals surface area contributed by atoms with Crippen LogP contribution in [0.4, 0.5) is 5.69 Å². The summed E-state index contributed by atoms with van der Waals surface area (Å²) < 4.78 is 2.75. The Bertz CT molecular complexity index is 806. The number of halogens is 2. The molecule has 0 spiro atoms. The standard InChI is InChI=1S/C17H12BrIN2OS2/c18-12-3-7-14(8-4-12)20-10-21-16(22)15(24-17(21)23)9-11-1-5-13(19)6-2-11/h1-9,20H,10H2. The molecule has 122 valence electrons. The number of thioether (sulfide) groups is 1. The second-order valence-corrected chi connectivity index (χ2v) is 8.84. The molecular weight excluding hydrogens is 519 g/mol. The number of hydrogen-bond acceptors (Lipinski definition) is 4. The van der Waals surface area contributed by atoms with E-state index < -0.39 is 0 Å². The predicted octanol–water partition coefficient (Wildman–Crippen LogP) is 5.32. The van der Waals surface area contributed by atoms with Gasteiger partial charge in [-0.3, -0.25) is 9.69 Å². The summed E-state index contributed by atoms with van der Waals surface area (Å²) in [5.41, 5.74) is 1.94. The predicted molar refractivity (Wildman–Crippen MR) is 117 cm³/mol. The van der Waals surface area contributed by atoms with Gasteiger partial charge in [0.15, 0.2) is 0 Å². The first-order valence-electron chi connectivity index (χ1n) is 7.03. The van der Waals surface area contributed by atoms with Crippen LogP contribution in [0.5, 0.6) is 0 Å². The number of carbonyl (C=O) groups is 1. The molecule has 7 heteroatoms. The molecule has 24 heavy (non-hydrogen) atoms. The van der Waals surface area contributed by atoms with Gasteiger partial charge >= 0.3 is 0 Å². The normalized spacial score (nSPS) is 16.1. The maximum Gasteiger partial charge on any atom is 0.267 e. The van der Waals surface area contributed by atoms with Crippen LogP contribution in [0, 0.1) is 3.57 Å². The molecular formula is C17H12BrIN2OS2. The lowest BCUT2D eigenvalue weighted by molar-refractivity contribution is -0.121. The molecule has 0 radical (unpaired) electrons. The number of thiocarbonyl (C=S) groups is 1. The van der Waals surface area contributed by atoms with Crippen LogP contribution >= 0.6 is 62.5 Å². The van der Waals surface area contributed by atoms with Crippen molar-refractivity contribution in [1.82, 2.24) is 4.90 Å². The second kappa shape index (κ2) is 7.99. The maximum atomic E-state index is 12.6. The first-order chi connectivity index (χ1) is 11.5. The number of hydrogen-bond donors (Lipinski definition) is 1. The van der Waals surface area contributed by atoms with Crippen molar-refractivity contribution in [2.24, 2.45) is 0 Å². The Labute approximate surface area is 172 Å². The molecule has 0 aromatic heterocycles. The van der Waals surface area contributed by atoms with Gasteiger partial charge in [0.05, 0.1) is 11.6 Å². The zero-order valence-electron chi connectivity index (χ0n) is 12.3. The van der Waals surface area contributed by atoms with Crippen LogP contribution in [-0.2, 0) is 4.79 Å². The Morgan fingerprint density at radius 1 is 1.17 bits per heavy atom. The van der Waals surface area contributed by atoms with Crippen molar-refractivity contribution in [2.45, 2.75) is 0 Å². The molecule has 0 bridgehead atoms. The van der Waals surface area contributed by atoms with E-state index in [-0.39, 0.29) is 5.91 Å². The summed E-state index contributed by atoms with van der Waals surface area (Å²) in [6, 6.07) is 15.8. The lowest BCUT2D eigenvalue weighted by Gasteiger charge is -2.16. The highest BCUT2D eigenvalue weighted by molar-refractivity contribution is 14.1. The monoisotopic (exact) mass is 530 g/mol. The molecule has 0 unspecified atom stereocenters. The third-order valence-electron chi connectivity index (χ3n) is 3.33. The quantitative estimate of drug-likeness (QED) is 0.329. The van der Waals surface area contributed by atoms with E-state index in [4.69, 9.17) is 12.2 Å². The van der Waals surface area contributed by atoms with Gasteiger partial charge in [0, 0.05) is 13.7 Å². The number of nitrogens with one attached hydrogen (secondary N) is 1. The smallest absolute Gasteiger partial charge is 0.267 e. The molecule has 1 N–H and O–H groups in total. The average Bonchev–Trinajstić information content (AvgIpc) is 2.83. The molecule has 0 saturated carbocycles. The molecule has 2 aromatic carbocycles. The van der Waals surface area contributed by atoms with Gasteiger partial charge in [-0.2, -0.15) is 0 Å². The first kappa shape index (κ1) is 17.9. The summed E-state index contributed by atoms with van der Waals surface area (Å²) in [6.07, 6.45) is 1.88. The van der Waals surface area contributed by atoms with E-state index in [1.54, 1.807) is 4.90 Å². The minimum atomic E-state index is -0.0619. The van der Waals surface area contributed by atoms with Crippen molar-refractivity contribution in [1.29, 1.82) is 0 Å². The summed E-state index contributed by atoms with van der Waals surface area (Å²) in [5, 5.41) is 3.22. The molecule has 3 rings (SSSR count). The minimum Gasteiger partial charge on any atom is -0.367 e. The minimum absolute atomic E-state index is 0.0619. The topological polar surface area (TPSA) is 32.3 Å². The molecule has 1 aliphatic heterocycles. The van der Waals surface area contributed by atoms with Gasteiger partial charge in [0.25, 0.3) is 5.91 Å². The largest absolute Gasteiger partial charge is 0.367 e. The third-order valence-corrected chi connectivity index (χ3v) is 5.95. The molecule has 2 aromatic rings. The molecule has 0 atom stereocenters. The van der Waals surface area contributed by atoms with Crippen molar-refractivity contribution in [2.75, 3.05) is 12.0 Å². The van der Waals surface area contributed by atoms with Crippen molar-refractivity contribution >= 4 is 84.5 Å². The fourth-order valence-electron chi connectivity index (χ4n) is 2.08. The van der Waals surface area contributed by atoms with Gasteiger partial charge in [0.2, 0.25) is 0 Å². The SMILES string of the molecule is O=C1C(=Cc2ccc(I)cc2)SC(=S)N1CNc1ccc(Br)cc1. The number of amides is 1. The Kier molecular flexibility index (Phi) is 5.96. The van der Waals surface area contributed by atoms with E-state index in [0.717, 1.165) is 19.3 Å². The highest BCUT2D eigenvalue weighted by Gasteiger charge is 2.31. The van der Waals surface area contributed by atoms with Crippen LogP contribution in [0.1, 0.15) is 5.56 Å². The molecule has 1 amide bonds. The van der Waals surface area contributed by atoms with Gasteiger partial charge in [-0.1, -0.05) is 52.0 Å². The van der Waals surface area contributed by atoms with Gasteiger partial charge in [-0.05, 0) is 70.6 Å². The molecule has 1 fully saturated rings. The Balaban J connectivity index is 1.69. The first-order valence-corrected chi connectivity index (χ1v) is 10.1. The number of rotatable bonds is 4. The molecule has 1 heterocycles. The number of carbonyl (C=O) groups excluding carboxylic acids is 1. The fourth-order valence-corrected chi connectivity index (χ4v) is 3.96. The maximum absolute atomic E-state index is 12.6. The van der Waals surface area contributed by atoms with Crippen LogP contribution in [0.3, 0.4) is 0 Å². The molecule has 1 saturated heterocycles. The highest BCUT2D eigenvalue weighted by Crippen LogP contribution is 2.32. The Morgan fingerprint density at radius 2 is 1.83 bits per heavy atom. The van der Waals surface area contributed by atoms with Crippen LogP contribution < -0.4 is 5.32 Å². The molecule has 0 aliphatic carbocycles. The summed E-state index contributed by atoms with van der Waals surface area (Å²) in [7, 11) is 0. The van der Waals surface area contributed by atoms with Crippen molar-refractivity contribution in [3.8, 4) is 0 Å². The van der Waals surface area contributed by atoms with E-state index in [1.165, 1.54) is 11.8 Å². The van der Waals surface area contributed by atoms with Crippen LogP contribution in [0.25, 0.3) is 6.08 Å². The van der Waals surface area contributed by atoms with Gasteiger partial charge in [-0.15, -0.1) is 0 Å². The van der Waals surface area contributed by atoms with E-state index >= 15 is 0 Å². The molecule has 3 nitrogen and oxygen atoms in total. The van der Waals surface area contributed by atoms with Gasteiger partial charge in [0.1, 0.15) is 4.32 Å². The Hall–Kier alpha value is -0.900. The number of benzene rings is 2. The fraction of sp³-hybridized carbons (Fsp3) is 0.0588. The van der Waals surface area contributed by atoms with Crippen molar-refractivity contribution in [3.63, 3.8) is 0 Å². The van der Waals surface area contributed by atoms with Crippen molar-refractivity contribution in [3.05, 3.63) is 67.0 Å². The zero-order valence-corrected chi connectivity index (χ0v) is 17.7.